The number of rotatable bonds is 5. The van der Waals surface area contributed by atoms with E-state index < -0.39 is 5.78 Å². The lowest BCUT2D eigenvalue weighted by atomic mass is 10.1. The number of hydrogen-bond donors (Lipinski definition) is 3. The van der Waals surface area contributed by atoms with Crippen LogP contribution in [0.3, 0.4) is 0 Å². The predicted molar refractivity (Wildman–Crippen MR) is 70.0 cm³/mol. The van der Waals surface area contributed by atoms with Crippen LogP contribution in [0.25, 0.3) is 10.9 Å². The Bertz CT molecular complexity index is 660. The average Bonchev–Trinajstić information content (AvgIpc) is 2.89. The molecule has 98 valence electrons. The minimum atomic E-state index is -0.629. The molecule has 19 heavy (non-hydrogen) atoms. The first-order chi connectivity index (χ1) is 9.22. The lowest BCUT2D eigenvalue weighted by Crippen LogP contribution is -2.00. The molecule has 0 fully saturated rings. The summed E-state index contributed by atoms with van der Waals surface area (Å²) < 4.78 is 5.16. The highest BCUT2D eigenvalue weighted by atomic mass is 16.5. The summed E-state index contributed by atoms with van der Waals surface area (Å²) in [7, 11) is 1.46. The highest BCUT2D eigenvalue weighted by molar-refractivity contribution is 6.37. The second kappa shape index (κ2) is 5.21. The molecule has 2 aromatic rings. The summed E-state index contributed by atoms with van der Waals surface area (Å²) in [5.74, 6) is 0.252. The minimum absolute atomic E-state index is 0.240. The van der Waals surface area contributed by atoms with Gasteiger partial charge in [0.1, 0.15) is 5.75 Å². The number of anilines is 1. The third-order valence-electron chi connectivity index (χ3n) is 2.58. The number of nitrogens with two attached hydrogens (primary N) is 1. The minimum Gasteiger partial charge on any atom is -0.494 e. The Hall–Kier alpha value is -2.83. The van der Waals surface area contributed by atoms with Crippen LogP contribution in [0.1, 0.15) is 10.4 Å². The quantitative estimate of drug-likeness (QED) is 0.416. The molecule has 0 radical (unpaired) electrons. The molecule has 0 aromatic carbocycles. The highest BCUT2D eigenvalue weighted by Crippen LogP contribution is 2.32. The molecule has 0 bridgehead atoms. The number of pyridine rings is 1. The van der Waals surface area contributed by atoms with Gasteiger partial charge in [-0.2, -0.15) is 0 Å². The van der Waals surface area contributed by atoms with Crippen LogP contribution < -0.4 is 15.8 Å². The molecule has 0 aliphatic rings. The van der Waals surface area contributed by atoms with E-state index in [0.29, 0.717) is 22.5 Å². The summed E-state index contributed by atoms with van der Waals surface area (Å²) in [5, 5.41) is 3.36. The van der Waals surface area contributed by atoms with Gasteiger partial charge in [-0.25, -0.2) is 4.98 Å². The van der Waals surface area contributed by atoms with Crippen molar-refractivity contribution in [1.82, 2.24) is 9.97 Å². The van der Waals surface area contributed by atoms with E-state index in [1.165, 1.54) is 31.9 Å². The third-order valence-corrected chi connectivity index (χ3v) is 2.58. The second-order valence-electron chi connectivity index (χ2n) is 3.61. The summed E-state index contributed by atoms with van der Waals surface area (Å²) in [6, 6.07) is 0. The maximum Gasteiger partial charge on any atom is 0.227 e. The number of carbonyl (C=O) groups is 2. The van der Waals surface area contributed by atoms with Gasteiger partial charge < -0.3 is 20.8 Å². The first-order valence-corrected chi connectivity index (χ1v) is 5.39. The van der Waals surface area contributed by atoms with Crippen LogP contribution in [0, 0.1) is 0 Å². The number of aromatic nitrogens is 2. The molecule has 0 unspecified atom stereocenters. The van der Waals surface area contributed by atoms with Crippen molar-refractivity contribution in [2.24, 2.45) is 5.73 Å². The number of hydrogen-bond acceptors (Lipinski definition) is 6. The molecule has 4 N–H and O–H groups in total. The third kappa shape index (κ3) is 2.13. The Labute approximate surface area is 108 Å². The number of ether oxygens (including phenoxy) is 1. The maximum atomic E-state index is 11.6. The predicted octanol–water partition coefficient (Wildman–Crippen LogP) is 0.795. The van der Waals surface area contributed by atoms with E-state index in [9.17, 15) is 9.59 Å². The Morgan fingerprint density at radius 3 is 3.00 bits per heavy atom. The molecule has 2 aromatic heterocycles. The van der Waals surface area contributed by atoms with Gasteiger partial charge in [0.15, 0.2) is 12.1 Å². The number of aromatic amines is 1. The number of fused-ring (bicyclic) bond motifs is 1. The van der Waals surface area contributed by atoms with Crippen LogP contribution in [-0.4, -0.2) is 29.1 Å². The first-order valence-electron chi connectivity index (χ1n) is 5.39. The molecule has 0 aliphatic heterocycles. The summed E-state index contributed by atoms with van der Waals surface area (Å²) in [6.07, 6.45) is 5.98. The fraction of sp³-hybridized carbons (Fsp3) is 0.0833. The number of nitrogens with one attached hydrogen (secondary N) is 2. The Balaban J connectivity index is 2.68. The molecule has 0 atom stereocenters. The van der Waals surface area contributed by atoms with E-state index in [0.717, 1.165) is 0 Å². The van der Waals surface area contributed by atoms with Gasteiger partial charge in [-0.15, -0.1) is 0 Å². The molecule has 0 amide bonds. The zero-order chi connectivity index (χ0) is 13.8. The first kappa shape index (κ1) is 12.6. The van der Waals surface area contributed by atoms with Gasteiger partial charge in [-0.1, -0.05) is 0 Å². The largest absolute Gasteiger partial charge is 0.494 e. The molecular formula is C12H12N4O3. The SMILES string of the molecule is COc1cnc(N/C=C\N)c2[nH]cc(C(=O)C=O)c12. The number of H-pyrrole nitrogens is 1. The highest BCUT2D eigenvalue weighted by Gasteiger charge is 2.18. The molecule has 2 heterocycles. The van der Waals surface area contributed by atoms with Crippen molar-refractivity contribution < 1.29 is 14.3 Å². The van der Waals surface area contributed by atoms with E-state index in [2.05, 4.69) is 15.3 Å². The Kier molecular flexibility index (Phi) is 3.46. The number of nitrogens with zero attached hydrogens (tertiary/aromatic N) is 1. The molecule has 0 aliphatic carbocycles. The molecule has 0 spiro atoms. The Morgan fingerprint density at radius 1 is 1.58 bits per heavy atom. The number of ketones is 1. The standard InChI is InChI=1S/C12H12N4O3/c1-19-9-5-16-12(14-3-2-13)11-10(9)7(4-15-11)8(18)6-17/h2-6,15H,13H2,1H3,(H,14,16)/b3-2-. The fourth-order valence-electron chi connectivity index (χ4n) is 1.77. The van der Waals surface area contributed by atoms with Crippen LogP contribution >= 0.6 is 0 Å². The lowest BCUT2D eigenvalue weighted by molar-refractivity contribution is -0.104. The van der Waals surface area contributed by atoms with Crippen molar-refractivity contribution in [2.75, 3.05) is 12.4 Å². The van der Waals surface area contributed by atoms with Gasteiger partial charge in [0.25, 0.3) is 0 Å². The van der Waals surface area contributed by atoms with Gasteiger partial charge in [-0.05, 0) is 0 Å². The van der Waals surface area contributed by atoms with Crippen molar-refractivity contribution in [3.8, 4) is 5.75 Å². The number of carbonyl (C=O) groups excluding carboxylic acids is 2. The average molecular weight is 260 g/mol. The number of aldehydes is 1. The zero-order valence-electron chi connectivity index (χ0n) is 10.1. The lowest BCUT2D eigenvalue weighted by Gasteiger charge is -2.06. The van der Waals surface area contributed by atoms with Crippen LogP contribution in [-0.2, 0) is 4.79 Å². The van der Waals surface area contributed by atoms with E-state index in [1.54, 1.807) is 0 Å². The molecule has 7 heteroatoms. The van der Waals surface area contributed by atoms with E-state index >= 15 is 0 Å². The van der Waals surface area contributed by atoms with E-state index in [4.69, 9.17) is 10.5 Å². The Morgan fingerprint density at radius 2 is 2.37 bits per heavy atom. The molecule has 0 saturated heterocycles. The summed E-state index contributed by atoms with van der Waals surface area (Å²) in [4.78, 5) is 29.2. The van der Waals surface area contributed by atoms with Crippen LogP contribution in [0.5, 0.6) is 5.75 Å². The number of methoxy groups -OCH3 is 1. The zero-order valence-corrected chi connectivity index (χ0v) is 10.1. The fourth-order valence-corrected chi connectivity index (χ4v) is 1.77. The molecule has 7 nitrogen and oxygen atoms in total. The smallest absolute Gasteiger partial charge is 0.227 e. The van der Waals surface area contributed by atoms with E-state index in [1.807, 2.05) is 0 Å². The summed E-state index contributed by atoms with van der Waals surface area (Å²) >= 11 is 0. The monoisotopic (exact) mass is 260 g/mol. The van der Waals surface area contributed by atoms with Crippen LogP contribution in [0.2, 0.25) is 0 Å². The maximum absolute atomic E-state index is 11.6. The number of Topliss-reactive ketones (excluding diaryl/α,β-unsaturated/α-hetero) is 1. The van der Waals surface area contributed by atoms with Gasteiger partial charge in [0, 0.05) is 18.6 Å². The van der Waals surface area contributed by atoms with Crippen molar-refractivity contribution in [3.05, 3.63) is 30.4 Å². The normalized spacial score (nSPS) is 10.8. The second-order valence-corrected chi connectivity index (χ2v) is 3.61. The van der Waals surface area contributed by atoms with Gasteiger partial charge >= 0.3 is 0 Å². The van der Waals surface area contributed by atoms with Crippen molar-refractivity contribution in [2.45, 2.75) is 0 Å². The van der Waals surface area contributed by atoms with Crippen LogP contribution in [0.4, 0.5) is 5.82 Å². The van der Waals surface area contributed by atoms with Gasteiger partial charge in [0.05, 0.1) is 29.8 Å². The van der Waals surface area contributed by atoms with Crippen LogP contribution in [0.15, 0.2) is 24.8 Å². The topological polar surface area (TPSA) is 110 Å². The van der Waals surface area contributed by atoms with Gasteiger partial charge in [-0.3, -0.25) is 9.59 Å². The molecule has 2 rings (SSSR count). The van der Waals surface area contributed by atoms with Crippen molar-refractivity contribution in [3.63, 3.8) is 0 Å². The van der Waals surface area contributed by atoms with Crippen molar-refractivity contribution >= 4 is 28.8 Å². The van der Waals surface area contributed by atoms with Crippen molar-refractivity contribution in [1.29, 1.82) is 0 Å². The summed E-state index contributed by atoms with van der Waals surface area (Å²) in [5.41, 5.74) is 6.04. The van der Waals surface area contributed by atoms with Gasteiger partial charge in [0.2, 0.25) is 5.78 Å². The molecular weight excluding hydrogens is 248 g/mol. The molecule has 0 saturated carbocycles. The van der Waals surface area contributed by atoms with E-state index in [-0.39, 0.29) is 11.8 Å². The summed E-state index contributed by atoms with van der Waals surface area (Å²) in [6.45, 7) is 0.